The van der Waals surface area contributed by atoms with E-state index in [1.165, 1.54) is 48.3 Å². The number of piperazine rings is 1. The summed E-state index contributed by atoms with van der Waals surface area (Å²) in [5.74, 6) is 1.34. The van der Waals surface area contributed by atoms with E-state index < -0.39 is 0 Å². The van der Waals surface area contributed by atoms with Crippen molar-refractivity contribution in [3.05, 3.63) is 54.4 Å². The second-order valence-electron chi connectivity index (χ2n) is 10.9. The first kappa shape index (κ1) is 22.6. The van der Waals surface area contributed by atoms with Crippen LogP contribution in [0.4, 0.5) is 5.69 Å². The van der Waals surface area contributed by atoms with Crippen LogP contribution in [-0.4, -0.2) is 70.6 Å². The van der Waals surface area contributed by atoms with E-state index >= 15 is 0 Å². The summed E-state index contributed by atoms with van der Waals surface area (Å²) >= 11 is 0. The molecule has 1 aliphatic carbocycles. The van der Waals surface area contributed by atoms with Gasteiger partial charge in [-0.05, 0) is 81.8 Å². The van der Waals surface area contributed by atoms with Gasteiger partial charge < -0.3 is 14.7 Å². The molecule has 2 aromatic heterocycles. The Labute approximate surface area is 208 Å². The Morgan fingerprint density at radius 3 is 2.26 bits per heavy atom. The molecule has 2 aliphatic heterocycles. The zero-order valence-corrected chi connectivity index (χ0v) is 21.1. The number of hydrogen-bond donors (Lipinski definition) is 0. The predicted molar refractivity (Wildman–Crippen MR) is 141 cm³/mol. The van der Waals surface area contributed by atoms with Gasteiger partial charge in [0, 0.05) is 56.1 Å². The van der Waals surface area contributed by atoms with Gasteiger partial charge in [-0.2, -0.15) is 5.10 Å². The summed E-state index contributed by atoms with van der Waals surface area (Å²) in [7, 11) is 0. The Kier molecular flexibility index (Phi) is 6.01. The summed E-state index contributed by atoms with van der Waals surface area (Å²) in [4.78, 5) is 19.5. The molecular formula is C29H37N5O. The first-order valence-electron chi connectivity index (χ1n) is 13.4. The van der Waals surface area contributed by atoms with Crippen LogP contribution in [0.15, 0.2) is 48.8 Å². The maximum Gasteiger partial charge on any atom is 0.225 e. The lowest BCUT2D eigenvalue weighted by Gasteiger charge is -2.36. The average Bonchev–Trinajstić information content (AvgIpc) is 3.66. The van der Waals surface area contributed by atoms with E-state index in [0.717, 1.165) is 44.5 Å². The van der Waals surface area contributed by atoms with E-state index in [1.807, 2.05) is 10.7 Å². The minimum absolute atomic E-state index is 0.307. The Balaban J connectivity index is 1.16. The molecule has 3 fully saturated rings. The van der Waals surface area contributed by atoms with Crippen LogP contribution in [0.3, 0.4) is 0 Å². The van der Waals surface area contributed by atoms with Gasteiger partial charge >= 0.3 is 0 Å². The fourth-order valence-corrected chi connectivity index (χ4v) is 5.88. The Hall–Kier alpha value is -2.86. The van der Waals surface area contributed by atoms with Crippen LogP contribution in [0.1, 0.15) is 51.0 Å². The van der Waals surface area contributed by atoms with Crippen molar-refractivity contribution in [3.63, 3.8) is 0 Å². The molecule has 1 aromatic carbocycles. The zero-order chi connectivity index (χ0) is 23.9. The summed E-state index contributed by atoms with van der Waals surface area (Å²) < 4.78 is 2.00. The van der Waals surface area contributed by atoms with Gasteiger partial charge in [-0.1, -0.05) is 24.3 Å². The van der Waals surface area contributed by atoms with Crippen LogP contribution in [0.5, 0.6) is 0 Å². The fraction of sp³-hybridized carbons (Fsp3) is 0.517. The van der Waals surface area contributed by atoms with Crippen molar-refractivity contribution in [1.29, 1.82) is 0 Å². The average molecular weight is 472 g/mol. The van der Waals surface area contributed by atoms with Gasteiger partial charge in [0.05, 0.1) is 11.2 Å². The minimum atomic E-state index is 0.307. The Morgan fingerprint density at radius 1 is 0.886 bits per heavy atom. The number of carbonyl (C=O) groups is 1. The number of aromatic nitrogens is 2. The predicted octanol–water partition coefficient (Wildman–Crippen LogP) is 4.65. The number of nitrogens with zero attached hydrogens (tertiary/aromatic N) is 5. The van der Waals surface area contributed by atoms with Crippen molar-refractivity contribution in [2.75, 3.05) is 44.2 Å². The summed E-state index contributed by atoms with van der Waals surface area (Å²) in [6.45, 7) is 10.4. The number of fused-ring (bicyclic) bond motifs is 1. The van der Waals surface area contributed by atoms with Gasteiger partial charge in [0.15, 0.2) is 0 Å². The molecule has 4 heterocycles. The maximum atomic E-state index is 12.4. The first-order valence-corrected chi connectivity index (χ1v) is 13.4. The third-order valence-corrected chi connectivity index (χ3v) is 8.32. The summed E-state index contributed by atoms with van der Waals surface area (Å²) in [5, 5.41) is 4.59. The topological polar surface area (TPSA) is 44.1 Å². The third kappa shape index (κ3) is 4.56. The van der Waals surface area contributed by atoms with E-state index in [0.29, 0.717) is 23.8 Å². The van der Waals surface area contributed by atoms with Crippen LogP contribution in [0.25, 0.3) is 16.6 Å². The molecule has 0 bridgehead atoms. The van der Waals surface area contributed by atoms with Crippen molar-refractivity contribution >= 4 is 17.1 Å². The number of piperidine rings is 1. The summed E-state index contributed by atoms with van der Waals surface area (Å²) in [6.07, 6.45) is 8.69. The molecule has 2 saturated heterocycles. The molecule has 35 heavy (non-hydrogen) atoms. The van der Waals surface area contributed by atoms with E-state index in [4.69, 9.17) is 0 Å². The highest BCUT2D eigenvalue weighted by atomic mass is 16.2. The molecule has 0 radical (unpaired) electrons. The quantitative estimate of drug-likeness (QED) is 0.544. The number of amides is 1. The maximum absolute atomic E-state index is 12.4. The Morgan fingerprint density at radius 2 is 1.60 bits per heavy atom. The van der Waals surface area contributed by atoms with E-state index in [2.05, 4.69) is 76.2 Å². The molecule has 6 nitrogen and oxygen atoms in total. The monoisotopic (exact) mass is 471 g/mol. The lowest BCUT2D eigenvalue weighted by molar-refractivity contribution is -0.132. The van der Waals surface area contributed by atoms with Gasteiger partial charge in [-0.15, -0.1) is 0 Å². The second-order valence-corrected chi connectivity index (χ2v) is 10.9. The van der Waals surface area contributed by atoms with Crippen LogP contribution in [0, 0.1) is 5.92 Å². The zero-order valence-electron chi connectivity index (χ0n) is 21.1. The van der Waals surface area contributed by atoms with Crippen molar-refractivity contribution in [2.45, 2.75) is 51.5 Å². The van der Waals surface area contributed by atoms with Crippen molar-refractivity contribution in [3.8, 4) is 11.1 Å². The van der Waals surface area contributed by atoms with Crippen LogP contribution in [0.2, 0.25) is 0 Å². The third-order valence-electron chi connectivity index (χ3n) is 8.32. The SMILES string of the molecule is CC(C)N1CCC(c2ccc(-c3cc4c(N5CCN(C(=O)C6CC6)CC5)ccnn4c3)cc2)CC1. The highest BCUT2D eigenvalue weighted by molar-refractivity contribution is 5.82. The number of benzene rings is 1. The first-order chi connectivity index (χ1) is 17.1. The number of anilines is 1. The smallest absolute Gasteiger partial charge is 0.225 e. The molecule has 6 heteroatoms. The van der Waals surface area contributed by atoms with Crippen LogP contribution >= 0.6 is 0 Å². The van der Waals surface area contributed by atoms with E-state index in [9.17, 15) is 4.79 Å². The molecule has 184 valence electrons. The van der Waals surface area contributed by atoms with Gasteiger partial charge in [0.25, 0.3) is 0 Å². The molecule has 1 amide bonds. The molecular weight excluding hydrogens is 434 g/mol. The van der Waals surface area contributed by atoms with Gasteiger partial charge in [-0.3, -0.25) is 4.79 Å². The van der Waals surface area contributed by atoms with Gasteiger partial charge in [-0.25, -0.2) is 4.52 Å². The summed E-state index contributed by atoms with van der Waals surface area (Å²) in [6, 6.07) is 14.2. The van der Waals surface area contributed by atoms with Gasteiger partial charge in [0.2, 0.25) is 5.91 Å². The van der Waals surface area contributed by atoms with Crippen molar-refractivity contribution in [1.82, 2.24) is 19.4 Å². The molecule has 6 rings (SSSR count). The van der Waals surface area contributed by atoms with Crippen molar-refractivity contribution < 1.29 is 4.79 Å². The van der Waals surface area contributed by atoms with E-state index in [1.54, 1.807) is 0 Å². The molecule has 1 saturated carbocycles. The molecule has 3 aromatic rings. The highest BCUT2D eigenvalue weighted by Crippen LogP contribution is 2.34. The lowest BCUT2D eigenvalue weighted by Crippen LogP contribution is -2.49. The lowest BCUT2D eigenvalue weighted by atomic mass is 9.88. The molecule has 0 N–H and O–H groups in total. The number of carbonyl (C=O) groups excluding carboxylic acids is 1. The normalized spacial score (nSPS) is 20.2. The van der Waals surface area contributed by atoms with Gasteiger partial charge in [0.1, 0.15) is 0 Å². The number of likely N-dealkylation sites (tertiary alicyclic amines) is 1. The molecule has 3 aliphatic rings. The largest absolute Gasteiger partial charge is 0.366 e. The Bertz CT molecular complexity index is 1180. The standard InChI is InChI=1S/C29H37N5O/c1-21(2)31-13-10-24(11-14-31)22-3-5-23(6-4-22)26-19-28-27(9-12-30-34(28)20-26)32-15-17-33(18-16-32)29(35)25-7-8-25/h3-6,9,12,19-21,24-25H,7-8,10-11,13-18H2,1-2H3. The molecule has 0 spiro atoms. The second kappa shape index (κ2) is 9.30. The minimum Gasteiger partial charge on any atom is -0.366 e. The van der Waals surface area contributed by atoms with Crippen LogP contribution in [-0.2, 0) is 4.79 Å². The number of hydrogen-bond acceptors (Lipinski definition) is 4. The molecule has 0 atom stereocenters. The summed E-state index contributed by atoms with van der Waals surface area (Å²) in [5.41, 5.74) is 6.25. The molecule has 0 unspecified atom stereocenters. The van der Waals surface area contributed by atoms with Crippen molar-refractivity contribution in [2.24, 2.45) is 5.92 Å². The highest BCUT2D eigenvalue weighted by Gasteiger charge is 2.34. The fourth-order valence-electron chi connectivity index (χ4n) is 5.88. The number of rotatable bonds is 5. The van der Waals surface area contributed by atoms with Crippen LogP contribution < -0.4 is 4.90 Å². The van der Waals surface area contributed by atoms with E-state index in [-0.39, 0.29) is 0 Å².